The van der Waals surface area contributed by atoms with E-state index in [-0.39, 0.29) is 12.0 Å². The van der Waals surface area contributed by atoms with Crippen LogP contribution >= 0.6 is 0 Å². The summed E-state index contributed by atoms with van der Waals surface area (Å²) in [7, 11) is 3.38. The number of methoxy groups -OCH3 is 2. The number of piperidine rings is 1. The Morgan fingerprint density at radius 2 is 2.06 bits per heavy atom. The average molecular weight is 244 g/mol. The zero-order valence-electron chi connectivity index (χ0n) is 11.1. The van der Waals surface area contributed by atoms with Crippen molar-refractivity contribution in [1.29, 1.82) is 0 Å². The molecule has 17 heavy (non-hydrogen) atoms. The molecule has 0 aromatic heterocycles. The third-order valence-corrected chi connectivity index (χ3v) is 3.26. The lowest BCUT2D eigenvalue weighted by molar-refractivity contribution is -0.129. The molecule has 5 heteroatoms. The fourth-order valence-corrected chi connectivity index (χ4v) is 2.09. The number of carbonyl (C=O) groups excluding carboxylic acids is 1. The zero-order chi connectivity index (χ0) is 12.7. The number of ether oxygens (including phenoxy) is 2. The van der Waals surface area contributed by atoms with Crippen molar-refractivity contribution >= 4 is 5.91 Å². The lowest BCUT2D eigenvalue weighted by atomic mass is 10.0. The van der Waals surface area contributed by atoms with Gasteiger partial charge in [-0.1, -0.05) is 0 Å². The minimum atomic E-state index is 0.103. The SMILES string of the molecule is COCC(CNC1CCN(C(C)=O)CC1)OC. The Morgan fingerprint density at radius 3 is 2.53 bits per heavy atom. The molecule has 0 aromatic carbocycles. The predicted octanol–water partition coefficient (Wildman–Crippen LogP) is 0.248. The Morgan fingerprint density at radius 1 is 1.41 bits per heavy atom. The lowest BCUT2D eigenvalue weighted by Crippen LogP contribution is -2.46. The summed E-state index contributed by atoms with van der Waals surface area (Å²) in [6, 6.07) is 0.486. The fourth-order valence-electron chi connectivity index (χ4n) is 2.09. The molecular weight excluding hydrogens is 220 g/mol. The van der Waals surface area contributed by atoms with Crippen LogP contribution in [-0.2, 0) is 14.3 Å². The maximum atomic E-state index is 11.2. The Hall–Kier alpha value is -0.650. The second kappa shape index (κ2) is 7.63. The van der Waals surface area contributed by atoms with Crippen molar-refractivity contribution in [2.45, 2.75) is 31.9 Å². The molecule has 1 heterocycles. The van der Waals surface area contributed by atoms with Crippen molar-refractivity contribution in [3.05, 3.63) is 0 Å². The zero-order valence-corrected chi connectivity index (χ0v) is 11.1. The molecule has 1 aliphatic rings. The van der Waals surface area contributed by atoms with Crippen LogP contribution in [-0.4, -0.2) is 63.4 Å². The first-order valence-corrected chi connectivity index (χ1v) is 6.18. The van der Waals surface area contributed by atoms with Crippen LogP contribution in [0.2, 0.25) is 0 Å². The van der Waals surface area contributed by atoms with Crippen LogP contribution in [0.5, 0.6) is 0 Å². The molecule has 1 aliphatic heterocycles. The highest BCUT2D eigenvalue weighted by Crippen LogP contribution is 2.10. The minimum absolute atomic E-state index is 0.103. The molecule has 1 unspecified atom stereocenters. The van der Waals surface area contributed by atoms with Gasteiger partial charge < -0.3 is 19.7 Å². The van der Waals surface area contributed by atoms with Crippen molar-refractivity contribution in [2.24, 2.45) is 0 Å². The number of carbonyl (C=O) groups is 1. The first-order chi connectivity index (χ1) is 8.17. The van der Waals surface area contributed by atoms with Gasteiger partial charge in [-0.3, -0.25) is 4.79 Å². The largest absolute Gasteiger partial charge is 0.382 e. The monoisotopic (exact) mass is 244 g/mol. The maximum Gasteiger partial charge on any atom is 0.219 e. The number of nitrogens with zero attached hydrogens (tertiary/aromatic N) is 1. The number of amides is 1. The van der Waals surface area contributed by atoms with E-state index >= 15 is 0 Å². The van der Waals surface area contributed by atoms with Crippen LogP contribution in [0.15, 0.2) is 0 Å². The van der Waals surface area contributed by atoms with Crippen molar-refractivity contribution in [2.75, 3.05) is 40.5 Å². The second-order valence-electron chi connectivity index (χ2n) is 4.50. The predicted molar refractivity (Wildman–Crippen MR) is 66.0 cm³/mol. The van der Waals surface area contributed by atoms with E-state index in [0.717, 1.165) is 32.5 Å². The normalized spacial score (nSPS) is 19.4. The summed E-state index contributed by atoms with van der Waals surface area (Å²) < 4.78 is 10.4. The molecule has 0 aromatic rings. The molecule has 1 N–H and O–H groups in total. The number of hydrogen-bond acceptors (Lipinski definition) is 4. The van der Waals surface area contributed by atoms with Crippen molar-refractivity contribution in [3.8, 4) is 0 Å². The van der Waals surface area contributed by atoms with E-state index in [2.05, 4.69) is 5.32 Å². The lowest BCUT2D eigenvalue weighted by Gasteiger charge is -2.32. The molecule has 0 bridgehead atoms. The Bertz CT molecular complexity index is 228. The number of likely N-dealkylation sites (tertiary alicyclic amines) is 1. The molecule has 1 saturated heterocycles. The minimum Gasteiger partial charge on any atom is -0.382 e. The van der Waals surface area contributed by atoms with E-state index in [1.54, 1.807) is 21.1 Å². The van der Waals surface area contributed by atoms with Gasteiger partial charge in [-0.25, -0.2) is 0 Å². The summed E-state index contributed by atoms with van der Waals surface area (Å²) in [4.78, 5) is 13.1. The highest BCUT2D eigenvalue weighted by molar-refractivity contribution is 5.73. The molecule has 1 atom stereocenters. The third kappa shape index (κ3) is 5.02. The second-order valence-corrected chi connectivity index (χ2v) is 4.50. The van der Waals surface area contributed by atoms with E-state index in [0.29, 0.717) is 12.6 Å². The molecule has 0 spiro atoms. The number of nitrogens with one attached hydrogen (secondary N) is 1. The van der Waals surface area contributed by atoms with Crippen LogP contribution < -0.4 is 5.32 Å². The van der Waals surface area contributed by atoms with Gasteiger partial charge in [0.1, 0.15) is 0 Å². The van der Waals surface area contributed by atoms with Crippen molar-refractivity contribution in [3.63, 3.8) is 0 Å². The van der Waals surface area contributed by atoms with E-state index < -0.39 is 0 Å². The van der Waals surface area contributed by atoms with Crippen molar-refractivity contribution < 1.29 is 14.3 Å². The first kappa shape index (κ1) is 14.4. The molecule has 0 saturated carbocycles. The smallest absolute Gasteiger partial charge is 0.219 e. The van der Waals surface area contributed by atoms with Gasteiger partial charge in [0, 0.05) is 46.8 Å². The summed E-state index contributed by atoms with van der Waals surface area (Å²) in [6.07, 6.45) is 2.14. The summed E-state index contributed by atoms with van der Waals surface area (Å²) in [5.74, 6) is 0.178. The number of hydrogen-bond donors (Lipinski definition) is 1. The van der Waals surface area contributed by atoms with Gasteiger partial charge in [0.05, 0.1) is 12.7 Å². The summed E-state index contributed by atoms with van der Waals surface area (Å²) in [6.45, 7) is 4.75. The average Bonchev–Trinajstić information content (AvgIpc) is 2.35. The van der Waals surface area contributed by atoms with Crippen LogP contribution in [0.3, 0.4) is 0 Å². The maximum absolute atomic E-state index is 11.2. The van der Waals surface area contributed by atoms with Gasteiger partial charge >= 0.3 is 0 Å². The van der Waals surface area contributed by atoms with Gasteiger partial charge in [-0.15, -0.1) is 0 Å². The van der Waals surface area contributed by atoms with Gasteiger partial charge in [0.25, 0.3) is 0 Å². The topological polar surface area (TPSA) is 50.8 Å². The molecule has 5 nitrogen and oxygen atoms in total. The molecule has 100 valence electrons. The van der Waals surface area contributed by atoms with Crippen LogP contribution in [0.25, 0.3) is 0 Å². The molecule has 1 rings (SSSR count). The van der Waals surface area contributed by atoms with Gasteiger partial charge in [0.15, 0.2) is 0 Å². The molecule has 1 fully saturated rings. The highest BCUT2D eigenvalue weighted by atomic mass is 16.5. The van der Waals surface area contributed by atoms with Gasteiger partial charge in [0.2, 0.25) is 5.91 Å². The quantitative estimate of drug-likeness (QED) is 0.727. The Balaban J connectivity index is 2.19. The molecule has 0 radical (unpaired) electrons. The van der Waals surface area contributed by atoms with E-state index in [4.69, 9.17) is 9.47 Å². The van der Waals surface area contributed by atoms with E-state index in [1.165, 1.54) is 0 Å². The van der Waals surface area contributed by atoms with Crippen LogP contribution in [0.1, 0.15) is 19.8 Å². The summed E-state index contributed by atoms with van der Waals surface area (Å²) >= 11 is 0. The third-order valence-electron chi connectivity index (χ3n) is 3.26. The Labute approximate surface area is 103 Å². The fraction of sp³-hybridized carbons (Fsp3) is 0.917. The highest BCUT2D eigenvalue weighted by Gasteiger charge is 2.20. The molecule has 0 aliphatic carbocycles. The molecule has 1 amide bonds. The summed E-state index contributed by atoms with van der Waals surface area (Å²) in [5.41, 5.74) is 0. The van der Waals surface area contributed by atoms with Gasteiger partial charge in [-0.2, -0.15) is 0 Å². The van der Waals surface area contributed by atoms with Gasteiger partial charge in [-0.05, 0) is 12.8 Å². The van der Waals surface area contributed by atoms with Crippen LogP contribution in [0, 0.1) is 0 Å². The van der Waals surface area contributed by atoms with Crippen LogP contribution in [0.4, 0.5) is 0 Å². The summed E-state index contributed by atoms with van der Waals surface area (Å²) in [5, 5.41) is 3.47. The standard InChI is InChI=1S/C12H24N2O3/c1-10(15)14-6-4-11(5-7-14)13-8-12(17-3)9-16-2/h11-13H,4-9H2,1-3H3. The Kier molecular flexibility index (Phi) is 6.47. The van der Waals surface area contributed by atoms with Crippen molar-refractivity contribution in [1.82, 2.24) is 10.2 Å². The van der Waals surface area contributed by atoms with E-state index in [1.807, 2.05) is 4.90 Å². The number of rotatable bonds is 6. The molecular formula is C12H24N2O3. The first-order valence-electron chi connectivity index (χ1n) is 6.18. The van der Waals surface area contributed by atoms with E-state index in [9.17, 15) is 4.79 Å².